The summed E-state index contributed by atoms with van der Waals surface area (Å²) < 4.78 is 41.0. The standard InChI is InChI=1S/C21H15F3N4O3S2/c1-32-19-26-17-16(33-19)18(30)28(14-5-3-2-4-6-14)20(31)27(17)11-15(29)25-13-9-7-12(8-10-13)21(22,23)24/h2-10H,11H2,1H3,(H,25,29). The molecule has 2 aromatic heterocycles. The number of alkyl halides is 3. The molecule has 0 aliphatic rings. The number of amides is 1. The minimum Gasteiger partial charge on any atom is -0.325 e. The molecule has 0 spiro atoms. The van der Waals surface area contributed by atoms with E-state index in [4.69, 9.17) is 0 Å². The summed E-state index contributed by atoms with van der Waals surface area (Å²) in [7, 11) is 0. The van der Waals surface area contributed by atoms with Crippen LogP contribution in [0, 0.1) is 0 Å². The van der Waals surface area contributed by atoms with E-state index in [9.17, 15) is 27.6 Å². The number of carbonyl (C=O) groups is 1. The van der Waals surface area contributed by atoms with Gasteiger partial charge in [0, 0.05) is 5.69 Å². The Morgan fingerprint density at radius 2 is 1.76 bits per heavy atom. The van der Waals surface area contributed by atoms with Gasteiger partial charge in [0.2, 0.25) is 5.91 Å². The summed E-state index contributed by atoms with van der Waals surface area (Å²) in [5.41, 5.74) is -1.59. The number of hydrogen-bond donors (Lipinski definition) is 1. The molecule has 2 heterocycles. The number of nitrogens with one attached hydrogen (secondary N) is 1. The molecule has 1 amide bonds. The highest BCUT2D eigenvalue weighted by atomic mass is 32.2. The number of thioether (sulfide) groups is 1. The summed E-state index contributed by atoms with van der Waals surface area (Å²) in [5, 5.41) is 2.47. The lowest BCUT2D eigenvalue weighted by Gasteiger charge is -2.12. The summed E-state index contributed by atoms with van der Waals surface area (Å²) in [6.45, 7) is -0.485. The highest BCUT2D eigenvalue weighted by Crippen LogP contribution is 2.30. The average molecular weight is 493 g/mol. The van der Waals surface area contributed by atoms with Crippen LogP contribution >= 0.6 is 23.1 Å². The third kappa shape index (κ3) is 4.57. The number of aromatic nitrogens is 3. The Hall–Kier alpha value is -3.38. The maximum Gasteiger partial charge on any atom is 0.416 e. The molecule has 0 saturated carbocycles. The van der Waals surface area contributed by atoms with Crippen LogP contribution in [0.15, 0.2) is 68.5 Å². The monoisotopic (exact) mass is 492 g/mol. The van der Waals surface area contributed by atoms with Gasteiger partial charge in [-0.05, 0) is 42.7 Å². The van der Waals surface area contributed by atoms with Crippen LogP contribution in [0.3, 0.4) is 0 Å². The molecule has 33 heavy (non-hydrogen) atoms. The Balaban J connectivity index is 1.74. The molecule has 0 radical (unpaired) electrons. The summed E-state index contributed by atoms with van der Waals surface area (Å²) in [6, 6.07) is 12.2. The molecule has 4 rings (SSSR count). The van der Waals surface area contributed by atoms with Gasteiger partial charge in [-0.3, -0.25) is 14.2 Å². The van der Waals surface area contributed by atoms with Gasteiger partial charge in [-0.2, -0.15) is 13.2 Å². The van der Waals surface area contributed by atoms with Gasteiger partial charge >= 0.3 is 11.9 Å². The molecular formula is C21H15F3N4O3S2. The molecule has 0 saturated heterocycles. The van der Waals surface area contributed by atoms with Gasteiger partial charge in [-0.25, -0.2) is 14.3 Å². The van der Waals surface area contributed by atoms with Crippen molar-refractivity contribution in [3.05, 3.63) is 81.0 Å². The summed E-state index contributed by atoms with van der Waals surface area (Å²) >= 11 is 2.41. The van der Waals surface area contributed by atoms with Gasteiger partial charge in [-0.1, -0.05) is 30.0 Å². The van der Waals surface area contributed by atoms with Crippen LogP contribution in [0.2, 0.25) is 0 Å². The van der Waals surface area contributed by atoms with Crippen molar-refractivity contribution in [2.24, 2.45) is 0 Å². The Morgan fingerprint density at radius 3 is 2.36 bits per heavy atom. The zero-order valence-electron chi connectivity index (χ0n) is 16.9. The molecule has 0 unspecified atom stereocenters. The van der Waals surface area contributed by atoms with Crippen LogP contribution in [-0.2, 0) is 17.5 Å². The first kappa shape index (κ1) is 22.8. The van der Waals surface area contributed by atoms with E-state index in [0.29, 0.717) is 10.0 Å². The topological polar surface area (TPSA) is 86.0 Å². The van der Waals surface area contributed by atoms with Gasteiger partial charge < -0.3 is 5.32 Å². The first-order chi connectivity index (χ1) is 15.7. The zero-order valence-corrected chi connectivity index (χ0v) is 18.6. The second-order valence-corrected chi connectivity index (χ2v) is 8.86. The van der Waals surface area contributed by atoms with Crippen LogP contribution in [0.25, 0.3) is 16.0 Å². The minimum atomic E-state index is -4.49. The number of carbonyl (C=O) groups excluding carboxylic acids is 1. The number of fused-ring (bicyclic) bond motifs is 1. The van der Waals surface area contributed by atoms with E-state index < -0.39 is 35.4 Å². The van der Waals surface area contributed by atoms with E-state index in [1.54, 1.807) is 36.6 Å². The largest absolute Gasteiger partial charge is 0.416 e. The van der Waals surface area contributed by atoms with Crippen molar-refractivity contribution in [3.63, 3.8) is 0 Å². The normalized spacial score (nSPS) is 11.6. The highest BCUT2D eigenvalue weighted by molar-refractivity contribution is 8.00. The quantitative estimate of drug-likeness (QED) is 0.426. The maximum atomic E-state index is 13.2. The predicted molar refractivity (Wildman–Crippen MR) is 121 cm³/mol. The van der Waals surface area contributed by atoms with Gasteiger partial charge in [0.1, 0.15) is 11.2 Å². The number of benzene rings is 2. The first-order valence-corrected chi connectivity index (χ1v) is 11.5. The van der Waals surface area contributed by atoms with Gasteiger partial charge in [0.15, 0.2) is 9.99 Å². The van der Waals surface area contributed by atoms with Crippen molar-refractivity contribution < 1.29 is 18.0 Å². The molecule has 0 aliphatic carbocycles. The van der Waals surface area contributed by atoms with E-state index in [-0.39, 0.29) is 16.0 Å². The molecule has 7 nitrogen and oxygen atoms in total. The van der Waals surface area contributed by atoms with Crippen molar-refractivity contribution in [2.45, 2.75) is 17.1 Å². The average Bonchev–Trinajstić information content (AvgIpc) is 3.22. The molecule has 0 aliphatic heterocycles. The summed E-state index contributed by atoms with van der Waals surface area (Å²) in [6.07, 6.45) is -2.72. The van der Waals surface area contributed by atoms with E-state index in [1.165, 1.54) is 11.8 Å². The Morgan fingerprint density at radius 1 is 1.09 bits per heavy atom. The van der Waals surface area contributed by atoms with Crippen LogP contribution < -0.4 is 16.6 Å². The number of nitrogens with zero attached hydrogens (tertiary/aromatic N) is 3. The number of halogens is 3. The molecule has 2 aromatic carbocycles. The fourth-order valence-electron chi connectivity index (χ4n) is 3.14. The second kappa shape index (κ2) is 8.87. The molecule has 170 valence electrons. The summed E-state index contributed by atoms with van der Waals surface area (Å²) in [5.74, 6) is -0.657. The lowest BCUT2D eigenvalue weighted by Crippen LogP contribution is -2.40. The van der Waals surface area contributed by atoms with Crippen molar-refractivity contribution >= 4 is 45.0 Å². The third-order valence-corrected chi connectivity index (χ3v) is 6.67. The van der Waals surface area contributed by atoms with Gasteiger partial charge in [0.05, 0.1) is 11.3 Å². The predicted octanol–water partition coefficient (Wildman–Crippen LogP) is 3.99. The number of rotatable bonds is 5. The number of hydrogen-bond acceptors (Lipinski definition) is 6. The van der Waals surface area contributed by atoms with Crippen molar-refractivity contribution in [3.8, 4) is 5.69 Å². The highest BCUT2D eigenvalue weighted by Gasteiger charge is 2.30. The van der Waals surface area contributed by atoms with Crippen LogP contribution in [0.4, 0.5) is 18.9 Å². The minimum absolute atomic E-state index is 0.0779. The number of para-hydroxylation sites is 1. The second-order valence-electron chi connectivity index (χ2n) is 6.80. The Bertz CT molecular complexity index is 1440. The molecule has 0 fully saturated rings. The molecule has 0 atom stereocenters. The van der Waals surface area contributed by atoms with Crippen LogP contribution in [0.1, 0.15) is 5.56 Å². The number of thiazole rings is 1. The van der Waals surface area contributed by atoms with E-state index in [0.717, 1.165) is 44.7 Å². The third-order valence-electron chi connectivity index (χ3n) is 4.65. The van der Waals surface area contributed by atoms with Crippen molar-refractivity contribution in [1.82, 2.24) is 14.1 Å². The van der Waals surface area contributed by atoms with Crippen molar-refractivity contribution in [2.75, 3.05) is 11.6 Å². The number of anilines is 1. The molecule has 1 N–H and O–H groups in total. The molecular weight excluding hydrogens is 477 g/mol. The van der Waals surface area contributed by atoms with Gasteiger partial charge in [-0.15, -0.1) is 11.3 Å². The SMILES string of the molecule is CSc1nc2c(s1)c(=O)n(-c1ccccc1)c(=O)n2CC(=O)Nc1ccc(C(F)(F)F)cc1. The zero-order chi connectivity index (χ0) is 23.8. The smallest absolute Gasteiger partial charge is 0.325 e. The lowest BCUT2D eigenvalue weighted by molar-refractivity contribution is -0.137. The first-order valence-electron chi connectivity index (χ1n) is 9.42. The fourth-order valence-corrected chi connectivity index (χ4v) is 4.63. The van der Waals surface area contributed by atoms with Crippen LogP contribution in [-0.4, -0.2) is 26.3 Å². The lowest BCUT2D eigenvalue weighted by atomic mass is 10.2. The molecule has 0 bridgehead atoms. The Labute approximate surface area is 192 Å². The fraction of sp³-hybridized carbons (Fsp3) is 0.143. The van der Waals surface area contributed by atoms with E-state index in [2.05, 4.69) is 10.3 Å². The maximum absolute atomic E-state index is 13.2. The summed E-state index contributed by atoms with van der Waals surface area (Å²) in [4.78, 5) is 43.2. The van der Waals surface area contributed by atoms with Gasteiger partial charge in [0.25, 0.3) is 5.56 Å². The molecule has 4 aromatic rings. The van der Waals surface area contributed by atoms with Crippen LogP contribution in [0.5, 0.6) is 0 Å². The van der Waals surface area contributed by atoms with Crippen molar-refractivity contribution in [1.29, 1.82) is 0 Å². The Kier molecular flexibility index (Phi) is 6.13. The van der Waals surface area contributed by atoms with E-state index >= 15 is 0 Å². The molecule has 12 heteroatoms. The van der Waals surface area contributed by atoms with E-state index in [1.807, 2.05) is 0 Å².